The lowest BCUT2D eigenvalue weighted by Gasteiger charge is -2.38. The van der Waals surface area contributed by atoms with Crippen LogP contribution >= 0.6 is 0 Å². The molecule has 0 fully saturated rings. The molecule has 27 heavy (non-hydrogen) atoms. The van der Waals surface area contributed by atoms with Crippen LogP contribution in [0, 0.1) is 0 Å². The fraction of sp³-hybridized carbons (Fsp3) is 0.444. The minimum atomic E-state index is -4.74. The second kappa shape index (κ2) is 6.88. The molecule has 5 nitrogen and oxygen atoms in total. The highest BCUT2D eigenvalue weighted by Gasteiger charge is 2.59. The molecule has 1 aromatic heterocycles. The van der Waals surface area contributed by atoms with Gasteiger partial charge in [-0.25, -0.2) is 0 Å². The van der Waals surface area contributed by atoms with Gasteiger partial charge in [0.1, 0.15) is 6.54 Å². The van der Waals surface area contributed by atoms with E-state index in [2.05, 4.69) is 10.1 Å². The first-order valence-corrected chi connectivity index (χ1v) is 11.9. The summed E-state index contributed by atoms with van der Waals surface area (Å²) in [5.41, 5.74) is 2.18. The topological polar surface area (TPSA) is 56.9 Å². The number of aliphatic imine (C=N–C) groups is 1. The first-order valence-electron chi connectivity index (χ1n) is 8.45. The minimum Gasteiger partial charge on any atom is -0.384 e. The maximum absolute atomic E-state index is 14.0. The van der Waals surface area contributed by atoms with E-state index in [4.69, 9.17) is 13.7 Å². The molecule has 2 aromatic rings. The standard InChI is InChI=1S/C18H21F3N2O3Si/c1-24-17(18(19,20)21,26-27(2,3)4)9-14-16-13-8-6-5-7-12(13)10-22-11-15(16)25-23-14/h5-8,10H,9,11H2,1-4H3. The number of rotatable bonds is 5. The molecule has 0 N–H and O–H groups in total. The number of hydrogen-bond donors (Lipinski definition) is 0. The van der Waals surface area contributed by atoms with Crippen LogP contribution in [-0.2, 0) is 22.1 Å². The van der Waals surface area contributed by atoms with Crippen molar-refractivity contribution in [3.05, 3.63) is 41.3 Å². The summed E-state index contributed by atoms with van der Waals surface area (Å²) in [5.74, 6) is -2.36. The quantitative estimate of drug-likeness (QED) is 0.547. The summed E-state index contributed by atoms with van der Waals surface area (Å²) in [6, 6.07) is 7.31. The fourth-order valence-electron chi connectivity index (χ4n) is 3.10. The molecule has 0 saturated heterocycles. The summed E-state index contributed by atoms with van der Waals surface area (Å²) in [7, 11) is -1.60. The Morgan fingerprint density at radius 2 is 1.89 bits per heavy atom. The average molecular weight is 398 g/mol. The van der Waals surface area contributed by atoms with E-state index in [1.165, 1.54) is 0 Å². The van der Waals surface area contributed by atoms with Crippen molar-refractivity contribution in [3.8, 4) is 11.1 Å². The Labute approximate surface area is 156 Å². The molecule has 1 unspecified atom stereocenters. The largest absolute Gasteiger partial charge is 0.442 e. The van der Waals surface area contributed by atoms with Gasteiger partial charge in [-0.2, -0.15) is 13.2 Å². The van der Waals surface area contributed by atoms with Crippen LogP contribution in [0.5, 0.6) is 0 Å². The van der Waals surface area contributed by atoms with Crippen LogP contribution in [0.15, 0.2) is 33.8 Å². The molecule has 0 radical (unpaired) electrons. The molecule has 9 heteroatoms. The fourth-order valence-corrected chi connectivity index (χ4v) is 4.36. The van der Waals surface area contributed by atoms with Crippen molar-refractivity contribution >= 4 is 14.5 Å². The Morgan fingerprint density at radius 1 is 1.19 bits per heavy atom. The molecule has 1 aliphatic rings. The number of hydrogen-bond acceptors (Lipinski definition) is 5. The molecule has 0 saturated carbocycles. The average Bonchev–Trinajstić information content (AvgIpc) is 2.84. The third kappa shape index (κ3) is 3.85. The highest BCUT2D eigenvalue weighted by Crippen LogP contribution is 2.42. The van der Waals surface area contributed by atoms with E-state index in [1.807, 2.05) is 24.3 Å². The molecule has 1 aliphatic heterocycles. The maximum Gasteiger partial charge on any atom is 0.442 e. The zero-order valence-electron chi connectivity index (χ0n) is 15.6. The minimum absolute atomic E-state index is 0.139. The van der Waals surface area contributed by atoms with Gasteiger partial charge in [0.2, 0.25) is 0 Å². The summed E-state index contributed by atoms with van der Waals surface area (Å²) in [5, 5.41) is 3.92. The molecule has 0 amide bonds. The lowest BCUT2D eigenvalue weighted by molar-refractivity contribution is -0.348. The summed E-state index contributed by atoms with van der Waals surface area (Å²) in [4.78, 5) is 4.26. The molecule has 1 atom stereocenters. The second-order valence-corrected chi connectivity index (χ2v) is 11.8. The lowest BCUT2D eigenvalue weighted by Crippen LogP contribution is -2.56. The molecule has 0 aliphatic carbocycles. The Balaban J connectivity index is 2.10. The van der Waals surface area contributed by atoms with Crippen LogP contribution in [-0.4, -0.2) is 38.8 Å². The van der Waals surface area contributed by atoms with Crippen LogP contribution in [0.4, 0.5) is 13.2 Å². The molecule has 3 rings (SSSR count). The Hall–Kier alpha value is -1.97. The van der Waals surface area contributed by atoms with Crippen LogP contribution in [0.1, 0.15) is 17.0 Å². The zero-order valence-corrected chi connectivity index (χ0v) is 16.6. The number of methoxy groups -OCH3 is 1. The van der Waals surface area contributed by atoms with Crippen molar-refractivity contribution in [3.63, 3.8) is 0 Å². The third-order valence-corrected chi connectivity index (χ3v) is 5.10. The molecule has 146 valence electrons. The van der Waals surface area contributed by atoms with Crippen LogP contribution < -0.4 is 0 Å². The third-order valence-electron chi connectivity index (χ3n) is 4.16. The van der Waals surface area contributed by atoms with Gasteiger partial charge in [-0.15, -0.1) is 0 Å². The van der Waals surface area contributed by atoms with Gasteiger partial charge >= 0.3 is 6.18 Å². The first kappa shape index (κ1) is 19.8. The molecule has 2 heterocycles. The number of ether oxygens (including phenoxy) is 1. The van der Waals surface area contributed by atoms with E-state index < -0.39 is 26.7 Å². The van der Waals surface area contributed by atoms with Gasteiger partial charge in [0.15, 0.2) is 14.1 Å². The summed E-state index contributed by atoms with van der Waals surface area (Å²) in [6.45, 7) is 5.24. The van der Waals surface area contributed by atoms with Crippen LogP contribution in [0.3, 0.4) is 0 Å². The number of benzene rings is 1. The maximum atomic E-state index is 14.0. The summed E-state index contributed by atoms with van der Waals surface area (Å²) >= 11 is 0. The zero-order chi connectivity index (χ0) is 19.9. The van der Waals surface area contributed by atoms with E-state index in [0.29, 0.717) is 11.3 Å². The Bertz CT molecular complexity index is 858. The molecular weight excluding hydrogens is 377 g/mol. The van der Waals surface area contributed by atoms with Gasteiger partial charge in [0, 0.05) is 18.9 Å². The Kier molecular flexibility index (Phi) is 5.04. The van der Waals surface area contributed by atoms with Crippen LogP contribution in [0.25, 0.3) is 11.1 Å². The predicted octanol–water partition coefficient (Wildman–Crippen LogP) is 4.57. The van der Waals surface area contributed by atoms with E-state index in [1.54, 1.807) is 25.9 Å². The van der Waals surface area contributed by atoms with Gasteiger partial charge < -0.3 is 13.7 Å². The SMILES string of the molecule is COC(Cc1noc2c1-c1ccccc1C=NC2)(O[Si](C)(C)C)C(F)(F)F. The molecule has 1 aromatic carbocycles. The number of nitrogens with zero attached hydrogens (tertiary/aromatic N) is 2. The van der Waals surface area contributed by atoms with Crippen LogP contribution in [0.2, 0.25) is 19.6 Å². The first-order chi connectivity index (χ1) is 12.6. The normalized spacial score (nSPS) is 16.4. The monoisotopic (exact) mass is 398 g/mol. The van der Waals surface area contributed by atoms with Gasteiger partial charge in [-0.3, -0.25) is 4.99 Å². The molecule has 0 bridgehead atoms. The van der Waals surface area contributed by atoms with Crippen molar-refractivity contribution in [2.75, 3.05) is 7.11 Å². The van der Waals surface area contributed by atoms with Gasteiger partial charge in [-0.05, 0) is 25.2 Å². The van der Waals surface area contributed by atoms with E-state index in [-0.39, 0.29) is 12.2 Å². The van der Waals surface area contributed by atoms with E-state index in [0.717, 1.165) is 18.2 Å². The Morgan fingerprint density at radius 3 is 2.52 bits per heavy atom. The van der Waals surface area contributed by atoms with E-state index >= 15 is 0 Å². The number of halogens is 3. The predicted molar refractivity (Wildman–Crippen MR) is 97.2 cm³/mol. The van der Waals surface area contributed by atoms with Crippen molar-refractivity contribution in [2.24, 2.45) is 4.99 Å². The van der Waals surface area contributed by atoms with E-state index in [9.17, 15) is 13.2 Å². The van der Waals surface area contributed by atoms with Gasteiger partial charge in [0.25, 0.3) is 5.79 Å². The molecule has 0 spiro atoms. The summed E-state index contributed by atoms with van der Waals surface area (Å²) < 4.78 is 57.7. The van der Waals surface area contributed by atoms with Gasteiger partial charge in [-0.1, -0.05) is 29.4 Å². The van der Waals surface area contributed by atoms with Crippen molar-refractivity contribution in [1.82, 2.24) is 5.16 Å². The van der Waals surface area contributed by atoms with Crippen molar-refractivity contribution in [1.29, 1.82) is 0 Å². The molecular formula is C18H21F3N2O3Si. The number of alkyl halides is 3. The number of fused-ring (bicyclic) bond motifs is 3. The number of aromatic nitrogens is 1. The lowest BCUT2D eigenvalue weighted by atomic mass is 9.96. The van der Waals surface area contributed by atoms with Crippen molar-refractivity contribution in [2.45, 2.75) is 44.6 Å². The second-order valence-electron chi connectivity index (χ2n) is 7.33. The smallest absolute Gasteiger partial charge is 0.384 e. The van der Waals surface area contributed by atoms with Crippen molar-refractivity contribution < 1.29 is 26.9 Å². The summed E-state index contributed by atoms with van der Waals surface area (Å²) in [6.07, 6.45) is -3.67. The highest BCUT2D eigenvalue weighted by atomic mass is 28.4. The van der Waals surface area contributed by atoms with Gasteiger partial charge in [0.05, 0.1) is 17.7 Å². The highest BCUT2D eigenvalue weighted by molar-refractivity contribution is 6.69.